The monoisotopic (exact) mass is 318 g/mol. The lowest BCUT2D eigenvalue weighted by atomic mass is 10.1. The van der Waals surface area contributed by atoms with Crippen LogP contribution >= 0.6 is 11.3 Å². The van der Waals surface area contributed by atoms with Gasteiger partial charge in [-0.3, -0.25) is 4.79 Å². The first-order valence-corrected chi connectivity index (χ1v) is 6.77. The minimum absolute atomic E-state index is 0.117. The van der Waals surface area contributed by atoms with E-state index in [0.29, 0.717) is 0 Å². The maximum Gasteiger partial charge on any atom is 0.461 e. The first-order chi connectivity index (χ1) is 9.88. The highest BCUT2D eigenvalue weighted by molar-refractivity contribution is 7.10. The summed E-state index contributed by atoms with van der Waals surface area (Å²) in [6.07, 6.45) is -8.41. The molecule has 112 valence electrons. The molecule has 2 rings (SSSR count). The second-order valence-corrected chi connectivity index (χ2v) is 5.20. The Labute approximate surface area is 122 Å². The van der Waals surface area contributed by atoms with Crippen LogP contribution in [-0.4, -0.2) is 18.3 Å². The Bertz CT molecular complexity index is 611. The zero-order valence-corrected chi connectivity index (χ0v) is 11.4. The molecular weight excluding hydrogens is 308 g/mol. The van der Waals surface area contributed by atoms with Crippen LogP contribution in [0, 0.1) is 0 Å². The molecule has 0 spiro atoms. The van der Waals surface area contributed by atoms with Gasteiger partial charge >= 0.3 is 12.5 Å². The Morgan fingerprint density at radius 1 is 1.24 bits per heavy atom. The molecule has 2 nitrogen and oxygen atoms in total. The van der Waals surface area contributed by atoms with Gasteiger partial charge in [-0.25, -0.2) is 0 Å². The molecule has 2 aromatic rings. The number of thiophene rings is 1. The maximum atomic E-state index is 12.8. The molecule has 0 amide bonds. The Morgan fingerprint density at radius 3 is 2.62 bits per heavy atom. The van der Waals surface area contributed by atoms with Crippen LogP contribution in [0.15, 0.2) is 41.8 Å². The Morgan fingerprint density at radius 2 is 2.00 bits per heavy atom. The first kappa shape index (κ1) is 15.5. The Balaban J connectivity index is 2.12. The molecule has 0 saturated carbocycles. The van der Waals surface area contributed by atoms with Crippen LogP contribution in [0.25, 0.3) is 0 Å². The molecule has 0 fully saturated rings. The molecule has 1 heterocycles. The van der Waals surface area contributed by atoms with Crippen LogP contribution in [0.3, 0.4) is 0 Å². The number of Topliss-reactive ketones (excluding diaryl/α,β-unsaturated/α-hetero) is 1. The van der Waals surface area contributed by atoms with Gasteiger partial charge in [-0.1, -0.05) is 18.2 Å². The van der Waals surface area contributed by atoms with Crippen LogP contribution in [-0.2, 0) is 6.42 Å². The van der Waals surface area contributed by atoms with Crippen molar-refractivity contribution in [1.29, 1.82) is 0 Å². The number of hydrogen-bond donors (Lipinski definition) is 0. The van der Waals surface area contributed by atoms with Crippen LogP contribution in [0.1, 0.15) is 15.2 Å². The summed E-state index contributed by atoms with van der Waals surface area (Å²) in [5, 5.41) is 1.81. The summed E-state index contributed by atoms with van der Waals surface area (Å²) in [6, 6.07) is 8.41. The van der Waals surface area contributed by atoms with E-state index in [1.807, 2.05) is 5.38 Å². The van der Waals surface area contributed by atoms with Gasteiger partial charge in [0.25, 0.3) is 0 Å². The summed E-state index contributed by atoms with van der Waals surface area (Å²) in [5.74, 6) is -0.777. The second kappa shape index (κ2) is 6.26. The second-order valence-electron chi connectivity index (χ2n) is 4.17. The summed E-state index contributed by atoms with van der Waals surface area (Å²) in [6.45, 7) is 0. The van der Waals surface area contributed by atoms with Gasteiger partial charge in [-0.05, 0) is 23.6 Å². The van der Waals surface area contributed by atoms with E-state index in [2.05, 4.69) is 4.74 Å². The average Bonchev–Trinajstić information content (AvgIpc) is 2.91. The third-order valence-electron chi connectivity index (χ3n) is 2.58. The molecule has 21 heavy (non-hydrogen) atoms. The van der Waals surface area contributed by atoms with E-state index in [1.54, 1.807) is 12.1 Å². The van der Waals surface area contributed by atoms with Crippen molar-refractivity contribution in [2.45, 2.75) is 19.0 Å². The van der Waals surface area contributed by atoms with E-state index in [4.69, 9.17) is 0 Å². The van der Waals surface area contributed by atoms with Gasteiger partial charge in [-0.15, -0.1) is 11.3 Å². The van der Waals surface area contributed by atoms with Crippen molar-refractivity contribution in [3.05, 3.63) is 52.2 Å². The zero-order valence-electron chi connectivity index (χ0n) is 10.6. The lowest BCUT2D eigenvalue weighted by molar-refractivity contribution is -0.253. The van der Waals surface area contributed by atoms with Gasteiger partial charge in [0.05, 0.1) is 0 Å². The molecule has 7 heteroatoms. The molecule has 0 aliphatic carbocycles. The van der Waals surface area contributed by atoms with E-state index < -0.39 is 18.3 Å². The van der Waals surface area contributed by atoms with Crippen molar-refractivity contribution >= 4 is 17.1 Å². The number of alkyl halides is 4. The van der Waals surface area contributed by atoms with Gasteiger partial charge in [0.15, 0.2) is 5.78 Å². The highest BCUT2D eigenvalue weighted by Gasteiger charge is 2.44. The Kier molecular flexibility index (Phi) is 4.62. The largest absolute Gasteiger partial charge is 0.461 e. The SMILES string of the molecule is O=C(Cc1cccs1)c1cccc(OC(F)(F)C(F)F)c1. The van der Waals surface area contributed by atoms with E-state index in [9.17, 15) is 22.4 Å². The highest BCUT2D eigenvalue weighted by atomic mass is 32.1. The van der Waals surface area contributed by atoms with Gasteiger partial charge in [0.1, 0.15) is 5.75 Å². The van der Waals surface area contributed by atoms with E-state index in [-0.39, 0.29) is 17.8 Å². The molecule has 0 radical (unpaired) electrons. The van der Waals surface area contributed by atoms with Crippen LogP contribution in [0.4, 0.5) is 17.6 Å². The number of ketones is 1. The van der Waals surface area contributed by atoms with Crippen molar-refractivity contribution in [2.24, 2.45) is 0 Å². The number of carbonyl (C=O) groups excluding carboxylic acids is 1. The fraction of sp³-hybridized carbons (Fsp3) is 0.214. The van der Waals surface area contributed by atoms with Crippen molar-refractivity contribution in [1.82, 2.24) is 0 Å². The predicted octanol–water partition coefficient (Wildman–Crippen LogP) is 4.41. The van der Waals surface area contributed by atoms with E-state index in [1.165, 1.54) is 23.5 Å². The number of carbonyl (C=O) groups is 1. The standard InChI is InChI=1S/C14H10F4O2S/c15-13(16)14(17,18)20-10-4-1-3-9(7-10)12(19)8-11-5-2-6-21-11/h1-7,13H,8H2. The van der Waals surface area contributed by atoms with Crippen molar-refractivity contribution in [2.75, 3.05) is 0 Å². The quantitative estimate of drug-likeness (QED) is 0.582. The molecule has 1 aromatic heterocycles. The molecule has 0 atom stereocenters. The number of hydrogen-bond acceptors (Lipinski definition) is 3. The molecular formula is C14H10F4O2S. The van der Waals surface area contributed by atoms with Crippen molar-refractivity contribution < 1.29 is 27.1 Å². The van der Waals surface area contributed by atoms with Crippen molar-refractivity contribution in [3.63, 3.8) is 0 Å². The zero-order chi connectivity index (χ0) is 15.5. The first-order valence-electron chi connectivity index (χ1n) is 5.89. The van der Waals surface area contributed by atoms with Gasteiger partial charge < -0.3 is 4.74 Å². The summed E-state index contributed by atoms with van der Waals surface area (Å²) < 4.78 is 53.7. The molecule has 1 aromatic carbocycles. The van der Waals surface area contributed by atoms with Gasteiger partial charge in [0.2, 0.25) is 0 Å². The smallest absolute Gasteiger partial charge is 0.428 e. The normalized spacial score (nSPS) is 11.7. The minimum atomic E-state index is -4.59. The summed E-state index contributed by atoms with van der Waals surface area (Å²) >= 11 is 1.39. The third kappa shape index (κ3) is 4.04. The number of halogens is 4. The molecule has 0 unspecified atom stereocenters. The van der Waals surface area contributed by atoms with Gasteiger partial charge in [-0.2, -0.15) is 17.6 Å². The van der Waals surface area contributed by atoms with Gasteiger partial charge in [0, 0.05) is 16.9 Å². The molecule has 0 aliphatic heterocycles. The molecule has 0 bridgehead atoms. The van der Waals surface area contributed by atoms with Crippen molar-refractivity contribution in [3.8, 4) is 5.75 Å². The number of ether oxygens (including phenoxy) is 1. The summed E-state index contributed by atoms with van der Waals surface area (Å²) in [4.78, 5) is 12.8. The minimum Gasteiger partial charge on any atom is -0.428 e. The van der Waals surface area contributed by atoms with E-state index in [0.717, 1.165) is 17.0 Å². The summed E-state index contributed by atoms with van der Waals surface area (Å²) in [7, 11) is 0. The maximum absolute atomic E-state index is 12.8. The average molecular weight is 318 g/mol. The van der Waals surface area contributed by atoms with Crippen LogP contribution < -0.4 is 4.74 Å². The number of benzene rings is 1. The Hall–Kier alpha value is -1.89. The predicted molar refractivity (Wildman–Crippen MR) is 70.4 cm³/mol. The molecule has 0 N–H and O–H groups in total. The topological polar surface area (TPSA) is 26.3 Å². The lowest BCUT2D eigenvalue weighted by Gasteiger charge is -2.17. The number of rotatable bonds is 6. The molecule has 0 aliphatic rings. The third-order valence-corrected chi connectivity index (χ3v) is 3.46. The fourth-order valence-electron chi connectivity index (χ4n) is 1.61. The summed E-state index contributed by atoms with van der Waals surface area (Å²) in [5.41, 5.74) is 0.131. The van der Waals surface area contributed by atoms with Crippen LogP contribution in [0.5, 0.6) is 5.75 Å². The highest BCUT2D eigenvalue weighted by Crippen LogP contribution is 2.28. The van der Waals surface area contributed by atoms with Crippen LogP contribution in [0.2, 0.25) is 0 Å². The van der Waals surface area contributed by atoms with E-state index >= 15 is 0 Å². The molecule has 0 saturated heterocycles. The fourth-order valence-corrected chi connectivity index (χ4v) is 2.31. The lowest BCUT2D eigenvalue weighted by Crippen LogP contribution is -2.33.